The maximum Gasteiger partial charge on any atom is 0.169 e. The van der Waals surface area contributed by atoms with Crippen LogP contribution in [0.1, 0.15) is 23.5 Å². The molecule has 1 heterocycles. The van der Waals surface area contributed by atoms with Gasteiger partial charge in [0.25, 0.3) is 0 Å². The number of hydrogen-bond donors (Lipinski definition) is 0. The van der Waals surface area contributed by atoms with Gasteiger partial charge in [0.15, 0.2) is 6.40 Å². The highest BCUT2D eigenvalue weighted by Gasteiger charge is 2.21. The van der Waals surface area contributed by atoms with Crippen LogP contribution in [-0.2, 0) is 4.74 Å². The molecule has 0 fully saturated rings. The molecule has 0 saturated heterocycles. The fourth-order valence-electron chi connectivity index (χ4n) is 2.56. The lowest BCUT2D eigenvalue weighted by Crippen LogP contribution is -2.13. The minimum absolute atomic E-state index is 0.269. The van der Waals surface area contributed by atoms with Crippen LogP contribution in [0.25, 0.3) is 0 Å². The number of aliphatic imine (C=N–C) groups is 1. The number of nitrogens with zero attached hydrogens (tertiary/aromatic N) is 1. The molecule has 0 spiro atoms. The second-order valence-corrected chi connectivity index (χ2v) is 4.85. The summed E-state index contributed by atoms with van der Waals surface area (Å²) in [7, 11) is 0. The van der Waals surface area contributed by atoms with Crippen molar-refractivity contribution >= 4 is 6.40 Å². The van der Waals surface area contributed by atoms with E-state index in [4.69, 9.17) is 4.74 Å². The molecule has 2 nitrogen and oxygen atoms in total. The number of ether oxygens (including phenoxy) is 1. The quantitative estimate of drug-likeness (QED) is 0.813. The van der Waals surface area contributed by atoms with Gasteiger partial charge in [-0.15, -0.1) is 0 Å². The zero-order valence-corrected chi connectivity index (χ0v) is 10.8. The van der Waals surface area contributed by atoms with Crippen molar-refractivity contribution in [2.75, 3.05) is 6.61 Å². The molecular weight excluding hydrogens is 234 g/mol. The molecule has 2 aromatic rings. The molecule has 0 radical (unpaired) electrons. The number of benzene rings is 2. The third kappa shape index (κ3) is 2.84. The second-order valence-electron chi connectivity index (χ2n) is 4.85. The molecule has 0 aromatic heterocycles. The second kappa shape index (κ2) is 5.70. The van der Waals surface area contributed by atoms with Gasteiger partial charge in [-0.2, -0.15) is 0 Å². The van der Waals surface area contributed by atoms with Gasteiger partial charge in [0, 0.05) is 5.92 Å². The summed E-state index contributed by atoms with van der Waals surface area (Å²) in [6, 6.07) is 21.5. The van der Waals surface area contributed by atoms with Crippen molar-refractivity contribution in [2.24, 2.45) is 4.99 Å². The van der Waals surface area contributed by atoms with Crippen LogP contribution in [0.3, 0.4) is 0 Å². The molecular formula is C17H17NO. The molecule has 0 bridgehead atoms. The van der Waals surface area contributed by atoms with Crippen LogP contribution in [0.15, 0.2) is 65.7 Å². The van der Waals surface area contributed by atoms with E-state index in [2.05, 4.69) is 65.7 Å². The van der Waals surface area contributed by atoms with Crippen LogP contribution in [0, 0.1) is 0 Å². The van der Waals surface area contributed by atoms with Crippen LogP contribution in [0.4, 0.5) is 0 Å². The summed E-state index contributed by atoms with van der Waals surface area (Å²) < 4.78 is 5.24. The van der Waals surface area contributed by atoms with Crippen molar-refractivity contribution in [3.63, 3.8) is 0 Å². The Labute approximate surface area is 113 Å². The fourth-order valence-corrected chi connectivity index (χ4v) is 2.56. The summed E-state index contributed by atoms with van der Waals surface area (Å²) in [5, 5.41) is 0. The SMILES string of the molecule is C1=N[C@@H](CC(c2ccccc2)c2ccccc2)CO1. The first-order valence-corrected chi connectivity index (χ1v) is 6.66. The Kier molecular flexibility index (Phi) is 3.59. The van der Waals surface area contributed by atoms with Crippen molar-refractivity contribution in [1.29, 1.82) is 0 Å². The van der Waals surface area contributed by atoms with Gasteiger partial charge in [0.1, 0.15) is 6.61 Å². The van der Waals surface area contributed by atoms with Crippen molar-refractivity contribution < 1.29 is 4.74 Å². The Bertz CT molecular complexity index is 496. The van der Waals surface area contributed by atoms with E-state index >= 15 is 0 Å². The van der Waals surface area contributed by atoms with Crippen LogP contribution in [-0.4, -0.2) is 19.0 Å². The molecule has 0 aliphatic carbocycles. The van der Waals surface area contributed by atoms with E-state index in [1.54, 1.807) is 6.40 Å². The molecule has 19 heavy (non-hydrogen) atoms. The van der Waals surface area contributed by atoms with E-state index < -0.39 is 0 Å². The minimum atomic E-state index is 0.269. The standard InChI is InChI=1S/C17H17NO/c1-3-7-14(8-4-1)17(11-16-12-19-13-18-16)15-9-5-2-6-10-15/h1-10,13,16-17H,11-12H2/t16-/m0/s1. The summed E-state index contributed by atoms with van der Waals surface area (Å²) in [4.78, 5) is 4.38. The maximum atomic E-state index is 5.24. The lowest BCUT2D eigenvalue weighted by Gasteiger charge is -2.19. The number of rotatable bonds is 4. The summed E-state index contributed by atoms with van der Waals surface area (Å²) in [5.74, 6) is 0.381. The Morgan fingerprint density at radius 3 is 2.00 bits per heavy atom. The molecule has 2 aromatic carbocycles. The highest BCUT2D eigenvalue weighted by Crippen LogP contribution is 2.30. The Hall–Kier alpha value is -2.09. The molecule has 0 N–H and O–H groups in total. The maximum absolute atomic E-state index is 5.24. The van der Waals surface area contributed by atoms with Gasteiger partial charge in [-0.05, 0) is 17.5 Å². The zero-order valence-electron chi connectivity index (χ0n) is 10.8. The molecule has 0 saturated carbocycles. The molecule has 0 unspecified atom stereocenters. The topological polar surface area (TPSA) is 21.6 Å². The molecule has 1 aliphatic heterocycles. The van der Waals surface area contributed by atoms with Crippen molar-refractivity contribution in [3.05, 3.63) is 71.8 Å². The largest absolute Gasteiger partial charge is 0.481 e. The first kappa shape index (κ1) is 12.0. The zero-order chi connectivity index (χ0) is 12.9. The summed E-state index contributed by atoms with van der Waals surface area (Å²) in [6.07, 6.45) is 2.57. The minimum Gasteiger partial charge on any atom is -0.481 e. The Morgan fingerprint density at radius 1 is 0.947 bits per heavy atom. The van der Waals surface area contributed by atoms with Crippen LogP contribution < -0.4 is 0 Å². The van der Waals surface area contributed by atoms with Gasteiger partial charge in [-0.25, -0.2) is 0 Å². The summed E-state index contributed by atoms with van der Waals surface area (Å²) >= 11 is 0. The smallest absolute Gasteiger partial charge is 0.169 e. The van der Waals surface area contributed by atoms with Gasteiger partial charge >= 0.3 is 0 Å². The Morgan fingerprint density at radius 2 is 1.53 bits per heavy atom. The van der Waals surface area contributed by atoms with Crippen molar-refractivity contribution in [1.82, 2.24) is 0 Å². The third-order valence-electron chi connectivity index (χ3n) is 3.55. The van der Waals surface area contributed by atoms with E-state index in [0.29, 0.717) is 12.5 Å². The van der Waals surface area contributed by atoms with E-state index in [0.717, 1.165) is 6.42 Å². The van der Waals surface area contributed by atoms with Gasteiger partial charge in [0.2, 0.25) is 0 Å². The first-order chi connectivity index (χ1) is 9.43. The molecule has 96 valence electrons. The van der Waals surface area contributed by atoms with E-state index in [-0.39, 0.29) is 6.04 Å². The summed E-state index contributed by atoms with van der Waals surface area (Å²) in [6.45, 7) is 0.705. The average molecular weight is 251 g/mol. The molecule has 0 amide bonds. The van der Waals surface area contributed by atoms with Crippen molar-refractivity contribution in [2.45, 2.75) is 18.4 Å². The highest BCUT2D eigenvalue weighted by atomic mass is 16.5. The Balaban J connectivity index is 1.89. The van der Waals surface area contributed by atoms with E-state index in [1.807, 2.05) is 0 Å². The number of hydrogen-bond acceptors (Lipinski definition) is 2. The van der Waals surface area contributed by atoms with Gasteiger partial charge < -0.3 is 4.74 Å². The van der Waals surface area contributed by atoms with E-state index in [1.165, 1.54) is 11.1 Å². The lowest BCUT2D eigenvalue weighted by molar-refractivity contribution is 0.318. The van der Waals surface area contributed by atoms with Crippen LogP contribution in [0.5, 0.6) is 0 Å². The third-order valence-corrected chi connectivity index (χ3v) is 3.55. The fraction of sp³-hybridized carbons (Fsp3) is 0.235. The lowest BCUT2D eigenvalue weighted by atomic mass is 9.86. The monoisotopic (exact) mass is 251 g/mol. The van der Waals surface area contributed by atoms with Gasteiger partial charge in [-0.3, -0.25) is 4.99 Å². The summed E-state index contributed by atoms with van der Waals surface area (Å²) in [5.41, 5.74) is 2.69. The highest BCUT2D eigenvalue weighted by molar-refractivity contribution is 5.49. The predicted molar refractivity (Wildman–Crippen MR) is 77.6 cm³/mol. The van der Waals surface area contributed by atoms with Crippen molar-refractivity contribution in [3.8, 4) is 0 Å². The molecule has 2 heteroatoms. The van der Waals surface area contributed by atoms with Gasteiger partial charge in [0.05, 0.1) is 6.04 Å². The first-order valence-electron chi connectivity index (χ1n) is 6.66. The molecule has 1 aliphatic rings. The molecule has 1 atom stereocenters. The van der Waals surface area contributed by atoms with Gasteiger partial charge in [-0.1, -0.05) is 60.7 Å². The molecule has 3 rings (SSSR count). The average Bonchev–Trinajstić information content (AvgIpc) is 3.00. The normalized spacial score (nSPS) is 17.6. The van der Waals surface area contributed by atoms with Crippen LogP contribution >= 0.6 is 0 Å². The predicted octanol–water partition coefficient (Wildman–Crippen LogP) is 3.64. The van der Waals surface area contributed by atoms with Crippen LogP contribution in [0.2, 0.25) is 0 Å². The van der Waals surface area contributed by atoms with E-state index in [9.17, 15) is 0 Å².